The van der Waals surface area contributed by atoms with E-state index in [4.69, 9.17) is 19.7 Å². The average molecular weight is 845 g/mol. The third kappa shape index (κ3) is 6.64. The molecule has 0 saturated heterocycles. The van der Waals surface area contributed by atoms with Gasteiger partial charge in [-0.1, -0.05) is 135 Å². The van der Waals surface area contributed by atoms with Crippen LogP contribution in [-0.4, -0.2) is 45.4 Å². The highest BCUT2D eigenvalue weighted by atomic mass is 79.9. The van der Waals surface area contributed by atoms with Crippen LogP contribution in [0.5, 0.6) is 0 Å². The van der Waals surface area contributed by atoms with Crippen molar-refractivity contribution in [3.8, 4) is 22.7 Å². The molecular formula is C47H38BrN7O4. The molecule has 0 unspecified atom stereocenters. The Kier molecular flexibility index (Phi) is 10.1. The fourth-order valence-electron chi connectivity index (χ4n) is 8.12. The number of carboxylic acid groups (broad SMARTS) is 1. The van der Waals surface area contributed by atoms with Gasteiger partial charge in [-0.15, -0.1) is 5.10 Å². The van der Waals surface area contributed by atoms with Crippen LogP contribution in [0.4, 0.5) is 0 Å². The summed E-state index contributed by atoms with van der Waals surface area (Å²) in [5, 5.41) is 24.1. The van der Waals surface area contributed by atoms with E-state index in [0.29, 0.717) is 41.2 Å². The summed E-state index contributed by atoms with van der Waals surface area (Å²) in [5.41, 5.74) is 5.73. The molecule has 0 aliphatic heterocycles. The van der Waals surface area contributed by atoms with E-state index in [2.05, 4.69) is 70.5 Å². The van der Waals surface area contributed by atoms with E-state index in [0.717, 1.165) is 61.9 Å². The normalized spacial score (nSPS) is 11.8. The van der Waals surface area contributed by atoms with Crippen LogP contribution in [0.3, 0.4) is 0 Å². The number of tetrazole rings is 1. The van der Waals surface area contributed by atoms with Crippen LogP contribution in [0.25, 0.3) is 44.7 Å². The van der Waals surface area contributed by atoms with Gasteiger partial charge >= 0.3 is 5.97 Å². The zero-order valence-electron chi connectivity index (χ0n) is 32.1. The molecule has 0 amide bonds. The zero-order chi connectivity index (χ0) is 40.5. The molecule has 5 aromatic carbocycles. The number of aliphatic carboxylic acids is 1. The molecule has 0 fully saturated rings. The molecule has 59 heavy (non-hydrogen) atoms. The Bertz CT molecular complexity index is 2910. The summed E-state index contributed by atoms with van der Waals surface area (Å²) in [4.78, 5) is 30.0. The minimum absolute atomic E-state index is 0.358. The Morgan fingerprint density at radius 3 is 2.07 bits per heavy atom. The van der Waals surface area contributed by atoms with Crippen LogP contribution in [0.1, 0.15) is 47.8 Å². The first-order valence-corrected chi connectivity index (χ1v) is 20.2. The summed E-state index contributed by atoms with van der Waals surface area (Å²) < 4.78 is 12.5. The van der Waals surface area contributed by atoms with E-state index in [9.17, 15) is 14.7 Å². The van der Waals surface area contributed by atoms with Gasteiger partial charge in [0.2, 0.25) is 0 Å². The van der Waals surface area contributed by atoms with Gasteiger partial charge < -0.3 is 18.7 Å². The maximum atomic E-state index is 13.6. The lowest BCUT2D eigenvalue weighted by Crippen LogP contribution is -2.39. The summed E-state index contributed by atoms with van der Waals surface area (Å²) in [6.07, 6.45) is 4.04. The van der Waals surface area contributed by atoms with Gasteiger partial charge in [0.25, 0.3) is 5.56 Å². The molecule has 292 valence electrons. The molecular weight excluding hydrogens is 806 g/mol. The smallest absolute Gasteiger partial charge is 0.323 e. The lowest BCUT2D eigenvalue weighted by Gasteiger charge is -2.36. The van der Waals surface area contributed by atoms with E-state index in [1.54, 1.807) is 6.07 Å². The number of pyridine rings is 1. The second kappa shape index (κ2) is 15.8. The van der Waals surface area contributed by atoms with Gasteiger partial charge in [0, 0.05) is 35.7 Å². The maximum absolute atomic E-state index is 13.6. The number of unbranched alkanes of at least 4 members (excludes halogenated alkanes) is 1. The first-order valence-electron chi connectivity index (χ1n) is 19.4. The second-order valence-corrected chi connectivity index (χ2v) is 15.2. The largest absolute Gasteiger partial charge is 0.480 e. The molecule has 0 spiro atoms. The summed E-state index contributed by atoms with van der Waals surface area (Å²) >= 11 is 3.92. The van der Waals surface area contributed by atoms with Gasteiger partial charge in [-0.3, -0.25) is 9.59 Å². The topological polar surface area (TPSA) is 134 Å². The summed E-state index contributed by atoms with van der Waals surface area (Å²) in [6, 6.07) is 46.5. The van der Waals surface area contributed by atoms with Crippen LogP contribution in [0.2, 0.25) is 0 Å². The summed E-state index contributed by atoms with van der Waals surface area (Å²) in [7, 11) is 0. The molecule has 11 nitrogen and oxygen atoms in total. The molecule has 4 aromatic heterocycles. The number of benzene rings is 5. The molecule has 9 aromatic rings. The molecule has 0 atom stereocenters. The number of hydrogen-bond donors (Lipinski definition) is 1. The number of fused-ring (bicyclic) bond motifs is 2. The van der Waals surface area contributed by atoms with Gasteiger partial charge in [-0.25, -0.2) is 9.67 Å². The zero-order valence-corrected chi connectivity index (χ0v) is 33.7. The Labute approximate surface area is 347 Å². The van der Waals surface area contributed by atoms with Gasteiger partial charge in [0.15, 0.2) is 5.82 Å². The predicted molar refractivity (Wildman–Crippen MR) is 230 cm³/mol. The maximum Gasteiger partial charge on any atom is 0.323 e. The molecule has 4 heterocycles. The second-order valence-electron chi connectivity index (χ2n) is 14.4. The lowest BCUT2D eigenvalue weighted by atomic mass is 9.77. The molecule has 0 radical (unpaired) electrons. The third-order valence-corrected chi connectivity index (χ3v) is 11.6. The molecule has 9 rings (SSSR count). The number of halogens is 1. The van der Waals surface area contributed by atoms with E-state index in [1.807, 2.05) is 100 Å². The van der Waals surface area contributed by atoms with Gasteiger partial charge in [-0.2, -0.15) is 0 Å². The predicted octanol–water partition coefficient (Wildman–Crippen LogP) is 9.34. The Hall–Kier alpha value is -6.92. The van der Waals surface area contributed by atoms with Crippen LogP contribution < -0.4 is 5.56 Å². The third-order valence-electron chi connectivity index (χ3n) is 10.8. The van der Waals surface area contributed by atoms with Gasteiger partial charge in [0.05, 0.1) is 9.99 Å². The first kappa shape index (κ1) is 37.6. The number of carbonyl (C=O) groups is 1. The number of aryl methyl sites for hydroxylation is 1. The minimum Gasteiger partial charge on any atom is -0.480 e. The molecule has 0 aliphatic carbocycles. The van der Waals surface area contributed by atoms with Gasteiger partial charge in [0.1, 0.15) is 34.8 Å². The van der Waals surface area contributed by atoms with E-state index in [-0.39, 0.29) is 5.56 Å². The van der Waals surface area contributed by atoms with E-state index in [1.165, 1.54) is 10.8 Å². The monoisotopic (exact) mass is 843 g/mol. The van der Waals surface area contributed by atoms with E-state index < -0.39 is 18.1 Å². The number of carboxylic acids is 1. The van der Waals surface area contributed by atoms with Crippen molar-refractivity contribution in [1.29, 1.82) is 0 Å². The van der Waals surface area contributed by atoms with Crippen molar-refractivity contribution >= 4 is 43.9 Å². The molecule has 1 N–H and O–H groups in total. The van der Waals surface area contributed by atoms with Crippen molar-refractivity contribution in [1.82, 2.24) is 34.3 Å². The number of furan rings is 1. The lowest BCUT2D eigenvalue weighted by molar-refractivity contribution is -0.137. The molecule has 0 bridgehead atoms. The fourth-order valence-corrected chi connectivity index (χ4v) is 8.73. The fraction of sp³-hybridized carbons (Fsp3) is 0.149. The molecule has 12 heteroatoms. The number of imidazole rings is 1. The van der Waals surface area contributed by atoms with Gasteiger partial charge in [-0.05, 0) is 73.2 Å². The van der Waals surface area contributed by atoms with Crippen molar-refractivity contribution in [3.05, 3.63) is 189 Å². The quantitative estimate of drug-likeness (QED) is 0.114. The number of aromatic nitrogens is 7. The summed E-state index contributed by atoms with van der Waals surface area (Å²) in [6.45, 7) is 2.04. The Morgan fingerprint density at radius 2 is 1.44 bits per heavy atom. The van der Waals surface area contributed by atoms with Crippen molar-refractivity contribution in [3.63, 3.8) is 0 Å². The average Bonchev–Trinajstić information content (AvgIpc) is 3.99. The van der Waals surface area contributed by atoms with Crippen LogP contribution in [0.15, 0.2) is 159 Å². The van der Waals surface area contributed by atoms with Crippen LogP contribution in [-0.2, 0) is 29.8 Å². The number of rotatable bonds is 13. The van der Waals surface area contributed by atoms with Crippen LogP contribution in [0, 0.1) is 0 Å². The highest BCUT2D eigenvalue weighted by Crippen LogP contribution is 2.45. The number of nitrogens with zero attached hydrogens (tertiary/aromatic N) is 7. The van der Waals surface area contributed by atoms with Crippen molar-refractivity contribution < 1.29 is 14.3 Å². The SMILES string of the molecule is CCCCc1nc2ccn(CC(=O)O)c(=O)c2n1Cc1ccc2oc(-c3ccccc3-c3nnnn3C(c3ccccc3)(c3ccccc3)c3ccccc3)c(Br)c2c1. The van der Waals surface area contributed by atoms with Crippen molar-refractivity contribution in [2.24, 2.45) is 0 Å². The Balaban J connectivity index is 1.17. The molecule has 0 aliphatic rings. The highest BCUT2D eigenvalue weighted by molar-refractivity contribution is 9.10. The number of hydrogen-bond acceptors (Lipinski definition) is 7. The highest BCUT2D eigenvalue weighted by Gasteiger charge is 2.42. The van der Waals surface area contributed by atoms with E-state index >= 15 is 0 Å². The standard InChI is InChI=1S/C47H38BrN7O4/c1-2-3-23-40-49-38-26-27-53(30-41(56)57)46(58)43(38)54(40)29-31-24-25-39-37(28-31)42(48)44(59-39)35-21-13-14-22-36(35)45-50-51-52-55(45)47(32-15-7-4-8-16-32,33-17-9-5-10-18-33)34-19-11-6-12-20-34/h4-22,24-28H,2-3,23,29-30H2,1H3,(H,56,57). The minimum atomic E-state index is -1.09. The molecule has 0 saturated carbocycles. The first-order chi connectivity index (χ1) is 28.9. The van der Waals surface area contributed by atoms with Crippen molar-refractivity contribution in [2.45, 2.75) is 44.8 Å². The Morgan fingerprint density at radius 1 is 0.814 bits per heavy atom. The van der Waals surface area contributed by atoms with Crippen molar-refractivity contribution in [2.75, 3.05) is 0 Å². The van der Waals surface area contributed by atoms with Crippen LogP contribution >= 0.6 is 15.9 Å². The summed E-state index contributed by atoms with van der Waals surface area (Å²) in [5.74, 6) is 0.852.